The Labute approximate surface area is 129 Å². The number of hydrogen-bond donors (Lipinski definition) is 0. The van der Waals surface area contributed by atoms with Crippen LogP contribution >= 0.6 is 11.8 Å². The lowest BCUT2D eigenvalue weighted by Gasteiger charge is -2.16. The second-order valence-corrected chi connectivity index (χ2v) is 6.16. The molecule has 0 amide bonds. The van der Waals surface area contributed by atoms with Crippen molar-refractivity contribution in [1.82, 2.24) is 9.78 Å². The molecule has 2 heterocycles. The third-order valence-corrected chi connectivity index (χ3v) is 4.74. The first kappa shape index (κ1) is 14.6. The minimum atomic E-state index is -0.380. The van der Waals surface area contributed by atoms with Crippen LogP contribution in [-0.2, 0) is 28.2 Å². The Kier molecular flexibility index (Phi) is 4.63. The van der Waals surface area contributed by atoms with Crippen molar-refractivity contribution in [2.24, 2.45) is 0 Å². The molecule has 0 bridgehead atoms. The lowest BCUT2D eigenvalue weighted by Crippen LogP contribution is -2.10. The average molecular weight is 304 g/mol. The lowest BCUT2D eigenvalue weighted by molar-refractivity contribution is -0.109. The summed E-state index contributed by atoms with van der Waals surface area (Å²) in [7, 11) is 3.32. The Balaban J connectivity index is 1.97. The highest BCUT2D eigenvalue weighted by Gasteiger charge is 2.26. The third kappa shape index (κ3) is 3.00. The molecule has 0 radical (unpaired) electrons. The number of rotatable bonds is 5. The maximum absolute atomic E-state index is 5.41. The second-order valence-electron chi connectivity index (χ2n) is 5.06. The number of benzene rings is 1. The van der Waals surface area contributed by atoms with Crippen LogP contribution in [0.25, 0.3) is 0 Å². The van der Waals surface area contributed by atoms with Gasteiger partial charge in [0.15, 0.2) is 0 Å². The molecule has 5 heteroatoms. The van der Waals surface area contributed by atoms with Crippen LogP contribution in [0.2, 0.25) is 0 Å². The van der Waals surface area contributed by atoms with Gasteiger partial charge >= 0.3 is 0 Å². The van der Waals surface area contributed by atoms with Crippen molar-refractivity contribution in [1.29, 1.82) is 0 Å². The van der Waals surface area contributed by atoms with Crippen molar-refractivity contribution in [3.63, 3.8) is 0 Å². The molecular weight excluding hydrogens is 284 g/mol. The van der Waals surface area contributed by atoms with Gasteiger partial charge in [-0.15, -0.1) is 0 Å². The fourth-order valence-electron chi connectivity index (χ4n) is 2.73. The van der Waals surface area contributed by atoms with Gasteiger partial charge in [0.2, 0.25) is 6.29 Å². The summed E-state index contributed by atoms with van der Waals surface area (Å²) in [5.41, 5.74) is 4.81. The first-order valence-corrected chi connectivity index (χ1v) is 8.24. The Morgan fingerprint density at radius 3 is 2.71 bits per heavy atom. The van der Waals surface area contributed by atoms with Gasteiger partial charge in [-0.3, -0.25) is 4.68 Å². The van der Waals surface area contributed by atoms with E-state index in [-0.39, 0.29) is 6.29 Å². The zero-order valence-electron chi connectivity index (χ0n) is 12.4. The van der Waals surface area contributed by atoms with Crippen LogP contribution in [0.15, 0.2) is 30.3 Å². The van der Waals surface area contributed by atoms with Crippen LogP contribution in [0.3, 0.4) is 0 Å². The number of nitrogens with zero attached hydrogens (tertiary/aromatic N) is 2. The first-order chi connectivity index (χ1) is 10.3. The Morgan fingerprint density at radius 1 is 1.24 bits per heavy atom. The van der Waals surface area contributed by atoms with E-state index in [9.17, 15) is 0 Å². The van der Waals surface area contributed by atoms with Crippen molar-refractivity contribution in [3.8, 4) is 0 Å². The van der Waals surface area contributed by atoms with Gasteiger partial charge in [-0.2, -0.15) is 16.9 Å². The second kappa shape index (κ2) is 6.64. The van der Waals surface area contributed by atoms with E-state index in [0.29, 0.717) is 0 Å². The van der Waals surface area contributed by atoms with E-state index in [1.807, 2.05) is 17.8 Å². The van der Waals surface area contributed by atoms with E-state index in [1.54, 1.807) is 14.2 Å². The van der Waals surface area contributed by atoms with Gasteiger partial charge < -0.3 is 9.47 Å². The molecule has 2 aromatic rings. The van der Waals surface area contributed by atoms with Gasteiger partial charge in [0.1, 0.15) is 5.69 Å². The minimum Gasteiger partial charge on any atom is -0.350 e. The number of fused-ring (bicyclic) bond motifs is 1. The molecule has 0 spiro atoms. The average Bonchev–Trinajstić information content (AvgIpc) is 2.89. The van der Waals surface area contributed by atoms with E-state index < -0.39 is 0 Å². The molecule has 4 nitrogen and oxygen atoms in total. The molecule has 0 fully saturated rings. The summed E-state index contributed by atoms with van der Waals surface area (Å²) in [6.45, 7) is 0.800. The zero-order valence-corrected chi connectivity index (χ0v) is 13.2. The maximum Gasteiger partial charge on any atom is 0.202 e. The van der Waals surface area contributed by atoms with Crippen molar-refractivity contribution in [2.75, 3.05) is 20.0 Å². The standard InChI is InChI=1S/C16H20N2O2S/c1-19-16(20-2)15-13-11-21-9-8-14(13)18(17-15)10-12-6-4-3-5-7-12/h3-7,16H,8-11H2,1-2H3. The third-order valence-electron chi connectivity index (χ3n) is 3.75. The molecule has 1 aromatic carbocycles. The van der Waals surface area contributed by atoms with Crippen LogP contribution in [-0.4, -0.2) is 29.8 Å². The smallest absolute Gasteiger partial charge is 0.202 e. The summed E-state index contributed by atoms with van der Waals surface area (Å²) in [5, 5.41) is 4.78. The summed E-state index contributed by atoms with van der Waals surface area (Å²) in [6, 6.07) is 10.4. The number of ether oxygens (including phenoxy) is 2. The Morgan fingerprint density at radius 2 is 2.00 bits per heavy atom. The Hall–Kier alpha value is -1.30. The fraction of sp³-hybridized carbons (Fsp3) is 0.438. The zero-order chi connectivity index (χ0) is 14.7. The van der Waals surface area contributed by atoms with Gasteiger partial charge in [-0.1, -0.05) is 30.3 Å². The van der Waals surface area contributed by atoms with E-state index in [1.165, 1.54) is 16.8 Å². The molecule has 0 atom stereocenters. The van der Waals surface area contributed by atoms with Gasteiger partial charge in [-0.05, 0) is 17.7 Å². The van der Waals surface area contributed by atoms with Crippen LogP contribution in [0.4, 0.5) is 0 Å². The molecule has 0 unspecified atom stereocenters. The van der Waals surface area contributed by atoms with Crippen LogP contribution in [0.1, 0.15) is 28.8 Å². The summed E-state index contributed by atoms with van der Waals surface area (Å²) in [5.74, 6) is 2.14. The summed E-state index contributed by atoms with van der Waals surface area (Å²) >= 11 is 1.95. The van der Waals surface area contributed by atoms with Crippen molar-refractivity contribution in [2.45, 2.75) is 25.0 Å². The molecule has 0 aliphatic carbocycles. The topological polar surface area (TPSA) is 36.3 Å². The predicted octanol–water partition coefficient (Wildman–Crippen LogP) is 3.01. The van der Waals surface area contributed by atoms with E-state index >= 15 is 0 Å². The lowest BCUT2D eigenvalue weighted by atomic mass is 10.1. The molecule has 1 aliphatic rings. The van der Waals surface area contributed by atoms with Crippen molar-refractivity contribution < 1.29 is 9.47 Å². The molecule has 112 valence electrons. The molecular formula is C16H20N2O2S. The summed E-state index contributed by atoms with van der Waals surface area (Å²) in [4.78, 5) is 0. The van der Waals surface area contributed by atoms with Crippen LogP contribution in [0, 0.1) is 0 Å². The van der Waals surface area contributed by atoms with Crippen LogP contribution < -0.4 is 0 Å². The quantitative estimate of drug-likeness (QED) is 0.796. The normalized spacial score (nSPS) is 14.4. The summed E-state index contributed by atoms with van der Waals surface area (Å²) in [6.07, 6.45) is 0.675. The molecule has 3 rings (SSSR count). The first-order valence-electron chi connectivity index (χ1n) is 7.09. The van der Waals surface area contributed by atoms with E-state index in [0.717, 1.165) is 30.2 Å². The van der Waals surface area contributed by atoms with Gasteiger partial charge in [0, 0.05) is 31.2 Å². The highest BCUT2D eigenvalue weighted by Crippen LogP contribution is 2.32. The van der Waals surface area contributed by atoms with Gasteiger partial charge in [-0.25, -0.2) is 0 Å². The van der Waals surface area contributed by atoms with Crippen LogP contribution in [0.5, 0.6) is 0 Å². The SMILES string of the molecule is COC(OC)c1nn(Cc2ccccc2)c2c1CSCC2. The molecule has 0 saturated carbocycles. The molecule has 0 N–H and O–H groups in total. The Bertz CT molecular complexity index is 594. The fourth-order valence-corrected chi connectivity index (χ4v) is 3.73. The van der Waals surface area contributed by atoms with E-state index in [2.05, 4.69) is 28.9 Å². The van der Waals surface area contributed by atoms with Gasteiger partial charge in [0.05, 0.1) is 6.54 Å². The number of hydrogen-bond acceptors (Lipinski definition) is 4. The summed E-state index contributed by atoms with van der Waals surface area (Å²) < 4.78 is 12.9. The largest absolute Gasteiger partial charge is 0.350 e. The highest BCUT2D eigenvalue weighted by molar-refractivity contribution is 7.98. The van der Waals surface area contributed by atoms with E-state index in [4.69, 9.17) is 14.6 Å². The molecule has 1 aliphatic heterocycles. The number of methoxy groups -OCH3 is 2. The molecule has 1 aromatic heterocycles. The predicted molar refractivity (Wildman–Crippen MR) is 84.4 cm³/mol. The van der Waals surface area contributed by atoms with Gasteiger partial charge in [0.25, 0.3) is 0 Å². The highest BCUT2D eigenvalue weighted by atomic mass is 32.2. The molecule has 0 saturated heterocycles. The maximum atomic E-state index is 5.41. The van der Waals surface area contributed by atoms with Crippen molar-refractivity contribution in [3.05, 3.63) is 52.8 Å². The molecule has 21 heavy (non-hydrogen) atoms. The van der Waals surface area contributed by atoms with Crippen molar-refractivity contribution >= 4 is 11.8 Å². The number of aromatic nitrogens is 2. The minimum absolute atomic E-state index is 0.380. The monoisotopic (exact) mass is 304 g/mol. The number of thioether (sulfide) groups is 1.